The van der Waals surface area contributed by atoms with E-state index < -0.39 is 161 Å². The van der Waals surface area contributed by atoms with Crippen LogP contribution in [0.2, 0.25) is 0 Å². The molecular weight excluding hydrogens is 1470 g/mol. The standard InChI is InChI=1S/C78H120N16O17S/c1-14-81-68(99)56(30-20-22-34-83-76(106)111-77(9,10)11)88-62(96)40-85-71(102)60-32-24-36-94(60)73(104)59(37-45(2)3)91-63(97)41-86-72(103)65(46(4)5)92-70(101)58(31-23-35-82-74(80)93-112(107,108)67-48(7)47(6)54-38-78(12,13)44-110-66(54)49(67)8)90-61(95)39-84-69(100)57(29-19-21-33-79)89-64(98)42-87-75(105)109-43-55-52-27-17-15-25-50(52)51-26-16-18-28-53(51)55/h15-18,25-27,45-46,53,55-60,65H,14,19-24,28-44,79H2,1-13H3,(H,81,99)(H,83,106)(H,84,100)(H,85,102)(H,86,103)(H,87,105)(H,88,96)(H,89,98)(H,90,95)(H,91,97)(H,92,101)(H3,80,82,93). The van der Waals surface area contributed by atoms with Crippen LogP contribution in [0, 0.1) is 49.3 Å². The molecule has 8 unspecified atom stereocenters. The first-order valence-electron chi connectivity index (χ1n) is 38.9. The zero-order valence-electron chi connectivity index (χ0n) is 67.2. The fourth-order valence-corrected chi connectivity index (χ4v) is 15.6. The van der Waals surface area contributed by atoms with Crippen LogP contribution in [0.15, 0.2) is 47.4 Å². The van der Waals surface area contributed by atoms with Crippen LogP contribution in [0.5, 0.6) is 5.75 Å². The van der Waals surface area contributed by atoms with Crippen molar-refractivity contribution in [2.45, 2.75) is 226 Å². The Morgan fingerprint density at radius 1 is 0.679 bits per heavy atom. The molecule has 33 nitrogen and oxygen atoms in total. The van der Waals surface area contributed by atoms with Gasteiger partial charge in [-0.15, -0.1) is 0 Å². The van der Waals surface area contributed by atoms with Gasteiger partial charge in [0.15, 0.2) is 0 Å². The largest absolute Gasteiger partial charge is 0.492 e. The maximum absolute atomic E-state index is 14.5. The molecule has 2 aromatic rings. The number of benzene rings is 2. The van der Waals surface area contributed by atoms with Gasteiger partial charge >= 0.3 is 12.2 Å². The van der Waals surface area contributed by atoms with E-state index in [0.717, 1.165) is 28.7 Å². The number of hydrogen-bond acceptors (Lipinski definition) is 19. The molecule has 4 aliphatic rings. The number of rotatable bonds is 40. The number of nitrogens with zero attached hydrogens (tertiary/aromatic N) is 1. The van der Waals surface area contributed by atoms with Crippen molar-refractivity contribution in [2.24, 2.45) is 28.9 Å². The first-order valence-corrected chi connectivity index (χ1v) is 40.4. The summed E-state index contributed by atoms with van der Waals surface area (Å²) in [6, 6.07) is 0.779. The van der Waals surface area contributed by atoms with Crippen LogP contribution in [0.1, 0.15) is 186 Å². The van der Waals surface area contributed by atoms with Crippen molar-refractivity contribution < 1.29 is 80.2 Å². The van der Waals surface area contributed by atoms with Gasteiger partial charge in [-0.25, -0.2) is 22.7 Å². The number of nitrogens with one attached hydrogen (secondary N) is 14. The molecule has 6 rings (SSSR count). The molecular formula is C78H120N16O17S. The Hall–Kier alpha value is -9.86. The number of unbranched alkanes of at least 4 members (excludes halogenated alkanes) is 2. The number of likely N-dealkylation sites (N-methyl/N-ethyl adjacent to an activating group) is 1. The molecule has 34 heteroatoms. The second-order valence-electron chi connectivity index (χ2n) is 31.5. The molecule has 0 bridgehead atoms. The second-order valence-corrected chi connectivity index (χ2v) is 33.1. The summed E-state index contributed by atoms with van der Waals surface area (Å²) in [7, 11) is -4.37. The number of fused-ring (bicyclic) bond motifs is 4. The molecule has 2 aliphatic carbocycles. The summed E-state index contributed by atoms with van der Waals surface area (Å²) in [5.74, 6) is -8.13. The zero-order chi connectivity index (χ0) is 82.8. The van der Waals surface area contributed by atoms with E-state index in [9.17, 15) is 66.0 Å². The molecule has 8 atom stereocenters. The molecule has 620 valence electrons. The van der Waals surface area contributed by atoms with E-state index in [1.807, 2.05) is 51.1 Å². The number of carbonyl (C=O) groups excluding carboxylic acids is 12. The van der Waals surface area contributed by atoms with Crippen molar-refractivity contribution in [3.63, 3.8) is 0 Å². The SMILES string of the molecule is CCNC(=O)C(CCCCNC(=O)OC(C)(C)C)NC(=O)CNC(=O)C1CCCN1C(=O)C(CC(C)C)NC(=O)CNC(=O)C(NC(=O)C(CCCNC(=N)NS(=O)(=O)c1c(C)c(C)c2c(c1C)OCC(C)(C)C2)NC(=O)CNC(=O)C(CCCCN)NC(=O)CNC(=O)OCC1c2ccccc2C2=CC=CCC21)C(C)C. The van der Waals surface area contributed by atoms with Gasteiger partial charge in [-0.3, -0.25) is 53.4 Å². The van der Waals surface area contributed by atoms with Gasteiger partial charge in [0.2, 0.25) is 65.0 Å². The summed E-state index contributed by atoms with van der Waals surface area (Å²) in [5.41, 5.74) is 10.8. The van der Waals surface area contributed by atoms with Crippen LogP contribution >= 0.6 is 0 Å². The maximum atomic E-state index is 14.5. The van der Waals surface area contributed by atoms with Crippen molar-refractivity contribution in [1.82, 2.24) is 73.4 Å². The first-order chi connectivity index (χ1) is 52.8. The molecule has 2 aromatic carbocycles. The Labute approximate surface area is 657 Å². The Bertz CT molecular complexity index is 3910. The third kappa shape index (κ3) is 27.5. The molecule has 2 aliphatic heterocycles. The number of sulfonamides is 1. The average molecular weight is 1590 g/mol. The summed E-state index contributed by atoms with van der Waals surface area (Å²) in [4.78, 5) is 164. The molecule has 112 heavy (non-hydrogen) atoms. The van der Waals surface area contributed by atoms with Crippen LogP contribution in [-0.2, 0) is 73.9 Å². The van der Waals surface area contributed by atoms with Gasteiger partial charge in [-0.2, -0.15) is 0 Å². The number of nitrogens with two attached hydrogens (primary N) is 1. The van der Waals surface area contributed by atoms with E-state index in [0.29, 0.717) is 68.6 Å². The lowest BCUT2D eigenvalue weighted by molar-refractivity contribution is -0.142. The molecule has 12 amide bonds. The first kappa shape index (κ1) is 91.0. The number of likely N-dealkylation sites (tertiary alicyclic amines) is 1. The minimum Gasteiger partial charge on any atom is -0.492 e. The molecule has 0 radical (unpaired) electrons. The highest BCUT2D eigenvalue weighted by Crippen LogP contribution is 2.49. The summed E-state index contributed by atoms with van der Waals surface area (Å²) < 4.78 is 47.4. The average Bonchev–Trinajstić information content (AvgIpc) is 0.934. The van der Waals surface area contributed by atoms with Crippen LogP contribution in [0.25, 0.3) is 5.57 Å². The fourth-order valence-electron chi connectivity index (χ4n) is 14.1. The van der Waals surface area contributed by atoms with E-state index in [2.05, 4.69) is 94.5 Å². The van der Waals surface area contributed by atoms with Crippen molar-refractivity contribution in [3.8, 4) is 5.75 Å². The van der Waals surface area contributed by atoms with Crippen molar-refractivity contribution in [1.29, 1.82) is 5.41 Å². The van der Waals surface area contributed by atoms with Crippen molar-refractivity contribution in [3.05, 3.63) is 75.9 Å². The maximum Gasteiger partial charge on any atom is 0.407 e. The van der Waals surface area contributed by atoms with Crippen LogP contribution in [-0.4, -0.2) is 205 Å². The summed E-state index contributed by atoms with van der Waals surface area (Å²) >= 11 is 0. The lowest BCUT2D eigenvalue weighted by atomic mass is 9.81. The fraction of sp³-hybridized carbons (Fsp3) is 0.628. The molecule has 0 saturated carbocycles. The zero-order valence-corrected chi connectivity index (χ0v) is 68.0. The van der Waals surface area contributed by atoms with Gasteiger partial charge in [0.05, 0.1) is 31.1 Å². The predicted octanol–water partition coefficient (Wildman–Crippen LogP) is 3.06. The molecule has 0 aromatic heterocycles. The van der Waals surface area contributed by atoms with Crippen LogP contribution in [0.3, 0.4) is 0 Å². The Balaban J connectivity index is 1.07. The molecule has 1 fully saturated rings. The smallest absolute Gasteiger partial charge is 0.407 e. The minimum atomic E-state index is -4.37. The highest BCUT2D eigenvalue weighted by molar-refractivity contribution is 7.90. The van der Waals surface area contributed by atoms with Crippen LogP contribution < -0.4 is 79.0 Å². The minimum absolute atomic E-state index is 0.00665. The second kappa shape index (κ2) is 42.7. The summed E-state index contributed by atoms with van der Waals surface area (Å²) in [5, 5.41) is 40.0. The van der Waals surface area contributed by atoms with Gasteiger partial charge < -0.3 is 88.6 Å². The van der Waals surface area contributed by atoms with Gasteiger partial charge in [0.1, 0.15) is 60.8 Å². The molecule has 2 heterocycles. The van der Waals surface area contributed by atoms with E-state index in [1.165, 1.54) is 10.5 Å². The van der Waals surface area contributed by atoms with Gasteiger partial charge in [-0.1, -0.05) is 84.0 Å². The molecule has 16 N–H and O–H groups in total. The molecule has 0 spiro atoms. The lowest BCUT2D eigenvalue weighted by Gasteiger charge is -2.34. The number of amides is 12. The Morgan fingerprint density at radius 2 is 1.26 bits per heavy atom. The summed E-state index contributed by atoms with van der Waals surface area (Å²) in [6.45, 7) is 21.9. The number of hydrogen-bond donors (Lipinski definition) is 15. The van der Waals surface area contributed by atoms with Gasteiger partial charge in [-0.05, 0) is 190 Å². The monoisotopic (exact) mass is 1580 g/mol. The van der Waals surface area contributed by atoms with E-state index >= 15 is 0 Å². The number of ether oxygens (including phenoxy) is 3. The van der Waals surface area contributed by atoms with Crippen molar-refractivity contribution >= 4 is 92.8 Å². The van der Waals surface area contributed by atoms with Crippen molar-refractivity contribution in [2.75, 3.05) is 72.1 Å². The predicted molar refractivity (Wildman–Crippen MR) is 420 cm³/mol. The van der Waals surface area contributed by atoms with Gasteiger partial charge in [0, 0.05) is 43.1 Å². The lowest BCUT2D eigenvalue weighted by Crippen LogP contribution is -2.58. The van der Waals surface area contributed by atoms with Crippen LogP contribution in [0.4, 0.5) is 9.59 Å². The van der Waals surface area contributed by atoms with E-state index in [1.54, 1.807) is 55.4 Å². The number of guanidine groups is 1. The highest BCUT2D eigenvalue weighted by Gasteiger charge is 2.41. The Morgan fingerprint density at radius 3 is 1.88 bits per heavy atom. The number of alkyl carbamates (subject to hydrolysis) is 2. The third-order valence-corrected chi connectivity index (χ3v) is 21.4. The molecule has 1 saturated heterocycles. The highest BCUT2D eigenvalue weighted by atomic mass is 32.2. The third-order valence-electron chi connectivity index (χ3n) is 19.7. The summed E-state index contributed by atoms with van der Waals surface area (Å²) in [6.07, 6.45) is 8.85. The van der Waals surface area contributed by atoms with Gasteiger partial charge in [0.25, 0.3) is 10.0 Å². The van der Waals surface area contributed by atoms with E-state index in [4.69, 9.17) is 25.4 Å². The number of carbonyl (C=O) groups is 12. The number of allylic oxidation sites excluding steroid dienone is 4. The topological polar surface area (TPSA) is 476 Å². The van der Waals surface area contributed by atoms with E-state index in [-0.39, 0.29) is 99.4 Å². The quantitative estimate of drug-likeness (QED) is 0.0259. The Kier molecular flexibility index (Phi) is 34.7. The normalized spacial score (nSPS) is 17.3.